The predicted octanol–water partition coefficient (Wildman–Crippen LogP) is 1.60. The Morgan fingerprint density at radius 2 is 2.11 bits per heavy atom. The van der Waals surface area contributed by atoms with Crippen LogP contribution in [-0.4, -0.2) is 44.0 Å². The van der Waals surface area contributed by atoms with Crippen molar-refractivity contribution < 1.29 is 4.79 Å². The number of carbonyl (C=O) groups is 1. The smallest absolute Gasteiger partial charge is 0.223 e. The van der Waals surface area contributed by atoms with Gasteiger partial charge < -0.3 is 16.0 Å². The summed E-state index contributed by atoms with van der Waals surface area (Å²) in [6.45, 7) is 3.94. The maximum Gasteiger partial charge on any atom is 0.223 e. The molecular weight excluding hydrogens is 238 g/mol. The molecule has 0 aromatic heterocycles. The Bertz CT molecular complexity index is 268. The van der Waals surface area contributed by atoms with Crippen LogP contribution in [0.2, 0.25) is 0 Å². The Hall–Kier alpha value is -0.610. The highest BCUT2D eigenvalue weighted by Crippen LogP contribution is 2.29. The molecule has 3 unspecified atom stereocenters. The first-order valence-electron chi connectivity index (χ1n) is 7.68. The highest BCUT2D eigenvalue weighted by Gasteiger charge is 2.28. The molecule has 4 nitrogen and oxygen atoms in total. The minimum Gasteiger partial charge on any atom is -0.356 e. The van der Waals surface area contributed by atoms with E-state index in [9.17, 15) is 4.79 Å². The van der Waals surface area contributed by atoms with E-state index in [1.165, 1.54) is 6.42 Å². The summed E-state index contributed by atoms with van der Waals surface area (Å²) in [5.41, 5.74) is 5.99. The second kappa shape index (κ2) is 8.54. The molecule has 3 atom stereocenters. The maximum atomic E-state index is 12.1. The van der Waals surface area contributed by atoms with Gasteiger partial charge in [0.2, 0.25) is 5.91 Å². The molecule has 4 heteroatoms. The van der Waals surface area contributed by atoms with Crippen molar-refractivity contribution in [1.82, 2.24) is 10.2 Å². The number of hydrogen-bond donors (Lipinski definition) is 2. The summed E-state index contributed by atoms with van der Waals surface area (Å²) in [4.78, 5) is 14.3. The quantitative estimate of drug-likeness (QED) is 0.690. The summed E-state index contributed by atoms with van der Waals surface area (Å²) in [7, 11) is 4.15. The molecule has 0 radical (unpaired) electrons. The molecule has 0 spiro atoms. The van der Waals surface area contributed by atoms with Gasteiger partial charge in [-0.25, -0.2) is 0 Å². The van der Waals surface area contributed by atoms with E-state index in [0.717, 1.165) is 45.2 Å². The van der Waals surface area contributed by atoms with Gasteiger partial charge in [-0.2, -0.15) is 0 Å². The van der Waals surface area contributed by atoms with Gasteiger partial charge in [-0.15, -0.1) is 0 Å². The average molecular weight is 269 g/mol. The highest BCUT2D eigenvalue weighted by molar-refractivity contribution is 5.78. The first-order chi connectivity index (χ1) is 9.00. The van der Waals surface area contributed by atoms with Crippen molar-refractivity contribution in [1.29, 1.82) is 0 Å². The maximum absolute atomic E-state index is 12.1. The van der Waals surface area contributed by atoms with Gasteiger partial charge in [-0.05, 0) is 58.7 Å². The topological polar surface area (TPSA) is 58.4 Å². The Labute approximate surface area is 118 Å². The lowest BCUT2D eigenvalue weighted by atomic mass is 9.78. The molecular formula is C15H31N3O. The number of unbranched alkanes of at least 4 members (excludes halogenated alkanes) is 1. The molecule has 112 valence electrons. The van der Waals surface area contributed by atoms with E-state index in [1.54, 1.807) is 0 Å². The predicted molar refractivity (Wildman–Crippen MR) is 79.9 cm³/mol. The van der Waals surface area contributed by atoms with Gasteiger partial charge >= 0.3 is 0 Å². The van der Waals surface area contributed by atoms with Crippen molar-refractivity contribution in [2.75, 3.05) is 27.2 Å². The summed E-state index contributed by atoms with van der Waals surface area (Å²) in [6.07, 6.45) is 6.65. The summed E-state index contributed by atoms with van der Waals surface area (Å²) in [5.74, 6) is 0.801. The van der Waals surface area contributed by atoms with E-state index in [2.05, 4.69) is 31.2 Å². The lowest BCUT2D eigenvalue weighted by Crippen LogP contribution is -2.38. The molecule has 1 amide bonds. The third-order valence-electron chi connectivity index (χ3n) is 4.21. The molecule has 1 aliphatic carbocycles. The van der Waals surface area contributed by atoms with Gasteiger partial charge in [0.15, 0.2) is 0 Å². The van der Waals surface area contributed by atoms with Crippen LogP contribution in [0.1, 0.15) is 45.4 Å². The molecule has 1 saturated carbocycles. The van der Waals surface area contributed by atoms with Crippen molar-refractivity contribution in [2.24, 2.45) is 17.6 Å². The van der Waals surface area contributed by atoms with Crippen molar-refractivity contribution >= 4 is 5.91 Å². The van der Waals surface area contributed by atoms with Crippen LogP contribution in [0, 0.1) is 11.8 Å². The molecule has 1 aliphatic rings. The minimum absolute atomic E-state index is 0.111. The molecule has 1 rings (SSSR count). The zero-order chi connectivity index (χ0) is 14.3. The van der Waals surface area contributed by atoms with Crippen LogP contribution in [0.25, 0.3) is 0 Å². The van der Waals surface area contributed by atoms with Crippen LogP contribution in [0.5, 0.6) is 0 Å². The Kier molecular flexibility index (Phi) is 7.39. The third kappa shape index (κ3) is 6.39. The fourth-order valence-electron chi connectivity index (χ4n) is 2.86. The molecule has 0 saturated heterocycles. The lowest BCUT2D eigenvalue weighted by molar-refractivity contribution is -0.126. The number of nitrogens with two attached hydrogens (primary N) is 1. The Balaban J connectivity index is 2.17. The minimum atomic E-state index is 0.111. The largest absolute Gasteiger partial charge is 0.356 e. The first-order valence-corrected chi connectivity index (χ1v) is 7.68. The van der Waals surface area contributed by atoms with Crippen molar-refractivity contribution in [2.45, 2.75) is 51.5 Å². The van der Waals surface area contributed by atoms with Gasteiger partial charge in [0.05, 0.1) is 0 Å². The Morgan fingerprint density at radius 1 is 1.37 bits per heavy atom. The van der Waals surface area contributed by atoms with Crippen molar-refractivity contribution in [3.05, 3.63) is 0 Å². The van der Waals surface area contributed by atoms with E-state index >= 15 is 0 Å². The highest BCUT2D eigenvalue weighted by atomic mass is 16.1. The van der Waals surface area contributed by atoms with Gasteiger partial charge in [-0.1, -0.05) is 13.3 Å². The van der Waals surface area contributed by atoms with Gasteiger partial charge in [-0.3, -0.25) is 4.79 Å². The zero-order valence-corrected chi connectivity index (χ0v) is 12.8. The number of rotatable bonds is 7. The van der Waals surface area contributed by atoms with Crippen molar-refractivity contribution in [3.63, 3.8) is 0 Å². The number of carbonyl (C=O) groups excluding carboxylic acids is 1. The summed E-state index contributed by atoms with van der Waals surface area (Å²) in [5, 5.41) is 3.07. The number of hydrogen-bond acceptors (Lipinski definition) is 3. The number of nitrogens with one attached hydrogen (secondary N) is 1. The number of nitrogens with zero attached hydrogens (tertiary/aromatic N) is 1. The molecule has 1 fully saturated rings. The van der Waals surface area contributed by atoms with Crippen LogP contribution in [0.4, 0.5) is 0 Å². The molecule has 0 aromatic carbocycles. The monoisotopic (exact) mass is 269 g/mol. The summed E-state index contributed by atoms with van der Waals surface area (Å²) >= 11 is 0. The summed E-state index contributed by atoms with van der Waals surface area (Å²) < 4.78 is 0. The molecule has 0 aromatic rings. The second-order valence-corrected chi connectivity index (χ2v) is 6.28. The van der Waals surface area contributed by atoms with Gasteiger partial charge in [0, 0.05) is 18.5 Å². The number of amides is 1. The van der Waals surface area contributed by atoms with Crippen LogP contribution >= 0.6 is 0 Å². The van der Waals surface area contributed by atoms with E-state index < -0.39 is 0 Å². The normalized spacial score (nSPS) is 25.3. The van der Waals surface area contributed by atoms with Crippen LogP contribution in [0.3, 0.4) is 0 Å². The standard InChI is InChI=1S/C15H31N3O/c1-12(13-7-6-8-14(16)11-13)15(19)17-9-4-5-10-18(2)3/h12-14H,4-11,16H2,1-3H3,(H,17,19). The zero-order valence-electron chi connectivity index (χ0n) is 12.8. The van der Waals surface area contributed by atoms with Crippen LogP contribution in [0.15, 0.2) is 0 Å². The lowest BCUT2D eigenvalue weighted by Gasteiger charge is -2.30. The molecule has 0 heterocycles. The molecule has 0 bridgehead atoms. The fourth-order valence-corrected chi connectivity index (χ4v) is 2.86. The SMILES string of the molecule is CC(C(=O)NCCCCN(C)C)C1CCCC(N)C1. The van der Waals surface area contributed by atoms with Crippen LogP contribution < -0.4 is 11.1 Å². The fraction of sp³-hybridized carbons (Fsp3) is 0.933. The van der Waals surface area contributed by atoms with E-state index in [1.807, 2.05) is 0 Å². The summed E-state index contributed by atoms with van der Waals surface area (Å²) in [6, 6.07) is 0.300. The van der Waals surface area contributed by atoms with E-state index in [0.29, 0.717) is 12.0 Å². The average Bonchev–Trinajstić information content (AvgIpc) is 2.36. The molecule has 0 aliphatic heterocycles. The first kappa shape index (κ1) is 16.4. The van der Waals surface area contributed by atoms with Crippen LogP contribution in [-0.2, 0) is 4.79 Å². The van der Waals surface area contributed by atoms with E-state index in [-0.39, 0.29) is 11.8 Å². The van der Waals surface area contributed by atoms with Gasteiger partial charge in [0.1, 0.15) is 0 Å². The second-order valence-electron chi connectivity index (χ2n) is 6.28. The Morgan fingerprint density at radius 3 is 2.74 bits per heavy atom. The third-order valence-corrected chi connectivity index (χ3v) is 4.21. The van der Waals surface area contributed by atoms with E-state index in [4.69, 9.17) is 5.73 Å². The van der Waals surface area contributed by atoms with Crippen molar-refractivity contribution in [3.8, 4) is 0 Å². The molecule has 3 N–H and O–H groups in total. The molecule has 19 heavy (non-hydrogen) atoms. The van der Waals surface area contributed by atoms with Gasteiger partial charge in [0.25, 0.3) is 0 Å².